The van der Waals surface area contributed by atoms with Gasteiger partial charge in [-0.1, -0.05) is 58.0 Å². The Hall–Kier alpha value is 0.434. The molecule has 11 heavy (non-hydrogen) atoms. The molecule has 0 radical (unpaired) electrons. The predicted molar refractivity (Wildman–Crippen MR) is 61.1 cm³/mol. The molecule has 0 aromatic rings. The lowest BCUT2D eigenvalue weighted by Gasteiger charge is -1.98. The Kier molecular flexibility index (Phi) is 10.8. The van der Waals surface area contributed by atoms with Gasteiger partial charge in [0.15, 0.2) is 0 Å². The summed E-state index contributed by atoms with van der Waals surface area (Å²) in [5.74, 6) is 0. The topological polar surface area (TPSA) is 0 Å². The summed E-state index contributed by atoms with van der Waals surface area (Å²) in [6.07, 6.45) is 8.93. The van der Waals surface area contributed by atoms with Crippen LogP contribution in [0.5, 0.6) is 0 Å². The van der Waals surface area contributed by atoms with Gasteiger partial charge in [-0.25, -0.2) is 0 Å². The van der Waals surface area contributed by atoms with Crippen LogP contribution in [-0.2, 0) is 0 Å². The fraction of sp³-hybridized carbons (Fsp3) is 1.00. The lowest BCUT2D eigenvalue weighted by Crippen LogP contribution is -1.96. The Bertz CT molecular complexity index is 56.6. The molecule has 0 N–H and O–H groups in total. The van der Waals surface area contributed by atoms with Crippen molar-refractivity contribution in [1.82, 2.24) is 0 Å². The molecule has 0 spiro atoms. The Morgan fingerprint density at radius 2 is 1.55 bits per heavy atom. The average molecular weight is 188 g/mol. The lowest BCUT2D eigenvalue weighted by atomic mass is 10.1. The van der Waals surface area contributed by atoms with E-state index in [1.807, 2.05) is 0 Å². The average Bonchev–Trinajstić information content (AvgIpc) is 2.03. The highest BCUT2D eigenvalue weighted by Gasteiger charge is 1.89. The predicted octanol–water partition coefficient (Wildman–Crippen LogP) is 2.07. The molecule has 0 aromatic carbocycles. The molecule has 0 saturated heterocycles. The Morgan fingerprint density at radius 1 is 0.909 bits per heavy atom. The van der Waals surface area contributed by atoms with Gasteiger partial charge in [0.2, 0.25) is 0 Å². The first kappa shape index (κ1) is 11.4. The van der Waals surface area contributed by atoms with Gasteiger partial charge >= 0.3 is 0 Å². The van der Waals surface area contributed by atoms with E-state index in [4.69, 9.17) is 0 Å². The van der Waals surface area contributed by atoms with Crippen molar-refractivity contribution in [1.29, 1.82) is 0 Å². The van der Waals surface area contributed by atoms with Gasteiger partial charge in [-0.3, -0.25) is 0 Å². The number of hydrogen-bond donors (Lipinski definition) is 0. The van der Waals surface area contributed by atoms with Crippen molar-refractivity contribution in [3.05, 3.63) is 0 Å². The highest BCUT2D eigenvalue weighted by atomic mass is 29.1. The number of rotatable bonds is 8. The van der Waals surface area contributed by atoms with Crippen LogP contribution in [0.15, 0.2) is 0 Å². The first-order valence-corrected chi connectivity index (χ1v) is 11.8. The summed E-state index contributed by atoms with van der Waals surface area (Å²) < 4.78 is 0. The van der Waals surface area contributed by atoms with Crippen molar-refractivity contribution in [2.24, 2.45) is 0 Å². The summed E-state index contributed by atoms with van der Waals surface area (Å²) in [5, 5.41) is 0. The van der Waals surface area contributed by atoms with E-state index in [1.165, 1.54) is 32.1 Å². The van der Waals surface area contributed by atoms with Crippen LogP contribution >= 0.6 is 0 Å². The van der Waals surface area contributed by atoms with Crippen molar-refractivity contribution < 1.29 is 0 Å². The molecule has 0 aliphatic heterocycles. The molecule has 0 fully saturated rings. The zero-order valence-electron chi connectivity index (χ0n) is 8.36. The molecule has 0 aromatic heterocycles. The van der Waals surface area contributed by atoms with Crippen molar-refractivity contribution in [2.45, 2.75) is 58.0 Å². The molecule has 0 nitrogen and oxygen atoms in total. The normalized spacial score (nSPS) is 12.5. The number of hydrogen-bond acceptors (Lipinski definition) is 0. The smallest absolute Gasteiger partial charge is 0.00770 e. The summed E-state index contributed by atoms with van der Waals surface area (Å²) >= 11 is 0. The van der Waals surface area contributed by atoms with Crippen molar-refractivity contribution in [2.75, 3.05) is 0 Å². The van der Waals surface area contributed by atoms with Crippen molar-refractivity contribution in [3.63, 3.8) is 0 Å². The maximum atomic E-state index is 2.48. The third kappa shape index (κ3) is 10.4. The second kappa shape index (κ2) is 10.4. The largest absolute Gasteiger partial charge is 0.0771 e. The Labute approximate surface area is 76.6 Å². The lowest BCUT2D eigenvalue weighted by molar-refractivity contribution is 0.624. The number of unbranched alkanes of at least 4 members (excludes halogenated alkanes) is 5. The van der Waals surface area contributed by atoms with Crippen LogP contribution in [0.3, 0.4) is 0 Å². The second-order valence-corrected chi connectivity index (χ2v) is 11.0. The highest BCUT2D eigenvalue weighted by molar-refractivity contribution is 6.99. The molecule has 0 heterocycles. The van der Waals surface area contributed by atoms with Crippen molar-refractivity contribution >= 4 is 18.1 Å². The molecule has 0 rings (SSSR count). The van der Waals surface area contributed by atoms with Gasteiger partial charge in [0.05, 0.1) is 0 Å². The van der Waals surface area contributed by atoms with E-state index in [0.717, 1.165) is 0 Å². The molecule has 0 unspecified atom stereocenters. The summed E-state index contributed by atoms with van der Waals surface area (Å²) in [7, 11) is 1.03. The Balaban J connectivity index is 2.69. The van der Waals surface area contributed by atoms with E-state index in [-0.39, 0.29) is 0 Å². The minimum absolute atomic E-state index is 0.509. The first-order chi connectivity index (χ1) is 5.41. The van der Waals surface area contributed by atoms with Gasteiger partial charge in [0, 0.05) is 18.1 Å². The standard InChI is InChI=1S/C9H24Si2/c1-3-4-5-6-7-8-9-11-10-2/h3-11H2,1-2H3. The van der Waals surface area contributed by atoms with E-state index >= 15 is 0 Å². The monoisotopic (exact) mass is 188 g/mol. The molecule has 0 aliphatic rings. The minimum Gasteiger partial charge on any atom is -0.0771 e. The fourth-order valence-corrected chi connectivity index (χ4v) is 5.15. The van der Waals surface area contributed by atoms with E-state index in [1.54, 1.807) is 12.5 Å². The maximum absolute atomic E-state index is 2.48. The van der Waals surface area contributed by atoms with Gasteiger partial charge < -0.3 is 0 Å². The SMILES string of the molecule is CCCCCCCC[SiH2][SiH2]C. The summed E-state index contributed by atoms with van der Waals surface area (Å²) in [6.45, 7) is 4.76. The van der Waals surface area contributed by atoms with Gasteiger partial charge in [0.25, 0.3) is 0 Å². The quantitative estimate of drug-likeness (QED) is 0.404. The molecule has 0 amide bonds. The van der Waals surface area contributed by atoms with Crippen LogP contribution in [0, 0.1) is 0 Å². The molecule has 0 saturated carbocycles. The van der Waals surface area contributed by atoms with Gasteiger partial charge in [-0.15, -0.1) is 0 Å². The van der Waals surface area contributed by atoms with E-state index in [9.17, 15) is 0 Å². The third-order valence-electron chi connectivity index (χ3n) is 2.21. The fourth-order valence-electron chi connectivity index (χ4n) is 1.38. The third-order valence-corrected chi connectivity index (χ3v) is 7.54. The molecule has 68 valence electrons. The minimum atomic E-state index is 0.509. The summed E-state index contributed by atoms with van der Waals surface area (Å²) in [6, 6.07) is 1.66. The van der Waals surface area contributed by atoms with Crippen LogP contribution in [-0.4, -0.2) is 18.1 Å². The van der Waals surface area contributed by atoms with Crippen LogP contribution in [0.1, 0.15) is 45.4 Å². The first-order valence-electron chi connectivity index (χ1n) is 5.41. The van der Waals surface area contributed by atoms with Crippen LogP contribution in [0.25, 0.3) is 0 Å². The molecular weight excluding hydrogens is 164 g/mol. The second-order valence-electron chi connectivity index (χ2n) is 3.47. The molecule has 0 atom stereocenters. The van der Waals surface area contributed by atoms with E-state index < -0.39 is 0 Å². The van der Waals surface area contributed by atoms with Gasteiger partial charge in [-0.2, -0.15) is 0 Å². The summed E-state index contributed by atoms with van der Waals surface area (Å²) in [4.78, 5) is 0. The van der Waals surface area contributed by atoms with Crippen LogP contribution in [0.4, 0.5) is 0 Å². The van der Waals surface area contributed by atoms with E-state index in [0.29, 0.717) is 18.1 Å². The highest BCUT2D eigenvalue weighted by Crippen LogP contribution is 2.06. The maximum Gasteiger partial charge on any atom is 0.00770 e. The molecule has 0 bridgehead atoms. The van der Waals surface area contributed by atoms with Crippen LogP contribution in [0.2, 0.25) is 12.6 Å². The summed E-state index contributed by atoms with van der Waals surface area (Å²) in [5.41, 5.74) is 0. The molecule has 2 heteroatoms. The van der Waals surface area contributed by atoms with Crippen LogP contribution < -0.4 is 0 Å². The van der Waals surface area contributed by atoms with Gasteiger partial charge in [0.1, 0.15) is 0 Å². The zero-order valence-corrected chi connectivity index (χ0v) is 11.2. The van der Waals surface area contributed by atoms with E-state index in [2.05, 4.69) is 13.5 Å². The molecular formula is C9H24Si2. The molecule has 0 aliphatic carbocycles. The van der Waals surface area contributed by atoms with Crippen molar-refractivity contribution in [3.8, 4) is 0 Å². The Morgan fingerprint density at radius 3 is 2.18 bits per heavy atom. The van der Waals surface area contributed by atoms with Gasteiger partial charge in [-0.05, 0) is 0 Å². The zero-order chi connectivity index (χ0) is 8.36.